The Morgan fingerprint density at radius 2 is 2.11 bits per heavy atom. The molecular formula is C12H16N2O4S. The van der Waals surface area contributed by atoms with Crippen molar-refractivity contribution in [3.05, 3.63) is 23.8 Å². The fraction of sp³-hybridized carbons (Fsp3) is 0.417. The number of amides is 1. The smallest absolute Gasteiger partial charge is 0.264 e. The van der Waals surface area contributed by atoms with Gasteiger partial charge in [0.05, 0.1) is 12.0 Å². The van der Waals surface area contributed by atoms with Gasteiger partial charge < -0.3 is 4.90 Å². The summed E-state index contributed by atoms with van der Waals surface area (Å²) in [6.07, 6.45) is 0.745. The van der Waals surface area contributed by atoms with Crippen molar-refractivity contribution in [3.63, 3.8) is 0 Å². The van der Waals surface area contributed by atoms with Gasteiger partial charge in [0.25, 0.3) is 10.0 Å². The van der Waals surface area contributed by atoms with Crippen molar-refractivity contribution in [1.29, 1.82) is 0 Å². The van der Waals surface area contributed by atoms with Gasteiger partial charge in [0.15, 0.2) is 0 Å². The van der Waals surface area contributed by atoms with Crippen molar-refractivity contribution in [2.24, 2.45) is 0 Å². The molecule has 19 heavy (non-hydrogen) atoms. The second kappa shape index (κ2) is 4.92. The Kier molecular flexibility index (Phi) is 3.62. The lowest BCUT2D eigenvalue weighted by molar-refractivity contribution is -0.116. The molecule has 0 radical (unpaired) electrons. The highest BCUT2D eigenvalue weighted by Gasteiger charge is 2.27. The van der Waals surface area contributed by atoms with Crippen LogP contribution in [0, 0.1) is 0 Å². The van der Waals surface area contributed by atoms with Crippen molar-refractivity contribution < 1.29 is 18.0 Å². The van der Waals surface area contributed by atoms with Crippen molar-refractivity contribution >= 4 is 21.6 Å². The normalized spacial score (nSPS) is 14.8. The molecule has 1 heterocycles. The third kappa shape index (κ3) is 2.36. The number of carbonyl (C=O) groups is 1. The minimum Gasteiger partial charge on any atom is -0.312 e. The molecule has 0 fully saturated rings. The van der Waals surface area contributed by atoms with Crippen molar-refractivity contribution in [1.82, 2.24) is 4.47 Å². The molecule has 2 rings (SSSR count). The van der Waals surface area contributed by atoms with E-state index in [1.165, 1.54) is 33.2 Å². The number of hydrogen-bond donors (Lipinski definition) is 0. The summed E-state index contributed by atoms with van der Waals surface area (Å²) in [4.78, 5) is 17.9. The predicted octanol–water partition coefficient (Wildman–Crippen LogP) is 0.778. The second-order valence-electron chi connectivity index (χ2n) is 4.31. The molecule has 0 saturated heterocycles. The van der Waals surface area contributed by atoms with E-state index >= 15 is 0 Å². The lowest BCUT2D eigenvalue weighted by Gasteiger charge is -2.18. The molecule has 0 N–H and O–H groups in total. The SMILES string of the molecule is CON(C)S(=O)(=O)c1ccc2c(c1)N(C(C)=O)CC2. The summed E-state index contributed by atoms with van der Waals surface area (Å²) in [5, 5.41) is 0. The van der Waals surface area contributed by atoms with Gasteiger partial charge in [-0.3, -0.25) is 9.63 Å². The third-order valence-corrected chi connectivity index (χ3v) is 4.90. The van der Waals surface area contributed by atoms with Crippen molar-refractivity contribution in [2.45, 2.75) is 18.2 Å². The molecule has 1 amide bonds. The van der Waals surface area contributed by atoms with E-state index in [4.69, 9.17) is 4.84 Å². The van der Waals surface area contributed by atoms with Crippen LogP contribution in [0.3, 0.4) is 0 Å². The number of anilines is 1. The average Bonchev–Trinajstić information content (AvgIpc) is 2.80. The summed E-state index contributed by atoms with van der Waals surface area (Å²) in [5.41, 5.74) is 1.65. The molecule has 104 valence electrons. The molecule has 0 saturated carbocycles. The molecule has 6 nitrogen and oxygen atoms in total. The summed E-state index contributed by atoms with van der Waals surface area (Å²) in [6, 6.07) is 4.80. The minimum atomic E-state index is -3.69. The third-order valence-electron chi connectivity index (χ3n) is 3.23. The van der Waals surface area contributed by atoms with Gasteiger partial charge in [0.1, 0.15) is 0 Å². The topological polar surface area (TPSA) is 66.9 Å². The highest BCUT2D eigenvalue weighted by Crippen LogP contribution is 2.31. The highest BCUT2D eigenvalue weighted by molar-refractivity contribution is 7.89. The van der Waals surface area contributed by atoms with Gasteiger partial charge in [-0.2, -0.15) is 0 Å². The molecule has 0 atom stereocenters. The van der Waals surface area contributed by atoms with E-state index in [1.807, 2.05) is 0 Å². The number of benzene rings is 1. The van der Waals surface area contributed by atoms with Gasteiger partial charge in [-0.1, -0.05) is 10.5 Å². The maximum Gasteiger partial charge on any atom is 0.264 e. The number of hydrogen-bond acceptors (Lipinski definition) is 4. The van der Waals surface area contributed by atoms with Crippen LogP contribution in [-0.2, 0) is 26.1 Å². The Labute approximate surface area is 112 Å². The maximum absolute atomic E-state index is 12.1. The molecule has 1 aliphatic rings. The molecule has 0 spiro atoms. The summed E-state index contributed by atoms with van der Waals surface area (Å²) in [6.45, 7) is 2.06. The summed E-state index contributed by atoms with van der Waals surface area (Å²) in [5.74, 6) is -0.0894. The Morgan fingerprint density at radius 3 is 2.68 bits per heavy atom. The molecule has 0 aliphatic carbocycles. The number of fused-ring (bicyclic) bond motifs is 1. The predicted molar refractivity (Wildman–Crippen MR) is 70.1 cm³/mol. The van der Waals surface area contributed by atoms with E-state index in [0.717, 1.165) is 16.5 Å². The summed E-state index contributed by atoms with van der Waals surface area (Å²) < 4.78 is 25.1. The van der Waals surface area contributed by atoms with Gasteiger partial charge in [-0.25, -0.2) is 8.42 Å². The molecule has 7 heteroatoms. The van der Waals surface area contributed by atoms with Crippen LogP contribution in [0.25, 0.3) is 0 Å². The Morgan fingerprint density at radius 1 is 1.42 bits per heavy atom. The molecule has 1 aliphatic heterocycles. The first-order valence-corrected chi connectivity index (χ1v) is 7.26. The van der Waals surface area contributed by atoms with Crippen LogP contribution in [0.2, 0.25) is 0 Å². The molecule has 0 bridgehead atoms. The summed E-state index contributed by atoms with van der Waals surface area (Å²) in [7, 11) is -1.08. The Bertz CT molecular complexity index is 612. The average molecular weight is 284 g/mol. The number of hydroxylamine groups is 1. The summed E-state index contributed by atoms with van der Waals surface area (Å²) >= 11 is 0. The number of rotatable bonds is 3. The van der Waals surface area contributed by atoms with Crippen LogP contribution in [0.15, 0.2) is 23.1 Å². The minimum absolute atomic E-state index is 0.0894. The monoisotopic (exact) mass is 284 g/mol. The van der Waals surface area contributed by atoms with Gasteiger partial charge in [-0.05, 0) is 24.1 Å². The van der Waals surface area contributed by atoms with Crippen LogP contribution in [0.1, 0.15) is 12.5 Å². The number of sulfonamides is 1. The van der Waals surface area contributed by atoms with E-state index in [-0.39, 0.29) is 10.8 Å². The van der Waals surface area contributed by atoms with Gasteiger partial charge in [0.2, 0.25) is 5.91 Å². The van der Waals surface area contributed by atoms with Gasteiger partial charge in [-0.15, -0.1) is 0 Å². The Hall–Kier alpha value is -1.44. The molecular weight excluding hydrogens is 268 g/mol. The number of carbonyl (C=O) groups excluding carboxylic acids is 1. The second-order valence-corrected chi connectivity index (χ2v) is 6.24. The van der Waals surface area contributed by atoms with E-state index in [2.05, 4.69) is 0 Å². The van der Waals surface area contributed by atoms with Gasteiger partial charge in [0, 0.05) is 26.2 Å². The molecule has 0 aromatic heterocycles. The van der Waals surface area contributed by atoms with Crippen molar-refractivity contribution in [3.8, 4) is 0 Å². The van der Waals surface area contributed by atoms with Crippen LogP contribution >= 0.6 is 0 Å². The molecule has 1 aromatic rings. The fourth-order valence-corrected chi connectivity index (χ4v) is 3.09. The lowest BCUT2D eigenvalue weighted by Crippen LogP contribution is -2.27. The lowest BCUT2D eigenvalue weighted by atomic mass is 10.2. The zero-order valence-electron chi connectivity index (χ0n) is 11.1. The van der Waals surface area contributed by atoms with E-state index < -0.39 is 10.0 Å². The maximum atomic E-state index is 12.1. The largest absolute Gasteiger partial charge is 0.312 e. The molecule has 0 unspecified atom stereocenters. The highest BCUT2D eigenvalue weighted by atomic mass is 32.2. The van der Waals surface area contributed by atoms with Crippen LogP contribution in [0.5, 0.6) is 0 Å². The van der Waals surface area contributed by atoms with Crippen LogP contribution in [-0.4, -0.2) is 39.5 Å². The number of nitrogens with zero attached hydrogens (tertiary/aromatic N) is 2. The zero-order chi connectivity index (χ0) is 14.2. The quantitative estimate of drug-likeness (QED) is 0.769. The Balaban J connectivity index is 2.47. The first-order chi connectivity index (χ1) is 8.87. The fourth-order valence-electron chi connectivity index (χ4n) is 2.09. The van der Waals surface area contributed by atoms with E-state index in [9.17, 15) is 13.2 Å². The molecule has 1 aromatic carbocycles. The first-order valence-electron chi connectivity index (χ1n) is 5.82. The van der Waals surface area contributed by atoms with E-state index in [1.54, 1.807) is 11.0 Å². The van der Waals surface area contributed by atoms with Crippen LogP contribution in [0.4, 0.5) is 5.69 Å². The standard InChI is InChI=1S/C12H16N2O4S/c1-9(15)14-7-6-10-4-5-11(8-12(10)14)19(16,17)13(2)18-3/h4-5,8H,6-7H2,1-3H3. The van der Waals surface area contributed by atoms with Gasteiger partial charge >= 0.3 is 0 Å². The zero-order valence-corrected chi connectivity index (χ0v) is 11.9. The van der Waals surface area contributed by atoms with Crippen molar-refractivity contribution in [2.75, 3.05) is 25.6 Å². The first kappa shape index (κ1) is 14.0. The van der Waals surface area contributed by atoms with Crippen LogP contribution < -0.4 is 4.90 Å². The van der Waals surface area contributed by atoms with E-state index in [0.29, 0.717) is 12.2 Å².